The highest BCUT2D eigenvalue weighted by atomic mass is 16.5. The molecule has 38 heavy (non-hydrogen) atoms. The second-order valence-electron chi connectivity index (χ2n) is 10.6. The number of H-pyrrole nitrogens is 1. The molecule has 2 fully saturated rings. The Labute approximate surface area is 222 Å². The smallest absolute Gasteiger partial charge is 0.253 e. The molecule has 2 aliphatic rings. The summed E-state index contributed by atoms with van der Waals surface area (Å²) in [6, 6.07) is 14.3. The maximum atomic E-state index is 13.6. The molecule has 1 unspecified atom stereocenters. The molecule has 198 valence electrons. The van der Waals surface area contributed by atoms with E-state index in [1.807, 2.05) is 28.9 Å². The second-order valence-corrected chi connectivity index (χ2v) is 10.6. The summed E-state index contributed by atoms with van der Waals surface area (Å²) < 4.78 is 7.61. The molecule has 1 N–H and O–H groups in total. The highest BCUT2D eigenvalue weighted by Gasteiger charge is 2.35. The van der Waals surface area contributed by atoms with Crippen LogP contribution in [-0.2, 0) is 0 Å². The molecular weight excluding hydrogens is 478 g/mol. The van der Waals surface area contributed by atoms with E-state index in [1.54, 1.807) is 7.11 Å². The maximum Gasteiger partial charge on any atom is 0.253 e. The van der Waals surface area contributed by atoms with Crippen LogP contribution in [0.5, 0.6) is 5.75 Å². The Balaban J connectivity index is 1.40. The van der Waals surface area contributed by atoms with E-state index in [9.17, 15) is 4.79 Å². The Morgan fingerprint density at radius 1 is 1.00 bits per heavy atom. The number of nitrogens with zero attached hydrogens (tertiary/aromatic N) is 6. The Hall–Kier alpha value is -3.72. The summed E-state index contributed by atoms with van der Waals surface area (Å²) in [6.07, 6.45) is 4.50. The number of aromatic amines is 1. The molecule has 1 saturated heterocycles. The lowest BCUT2D eigenvalue weighted by Crippen LogP contribution is -2.49. The topological polar surface area (TPSA) is 92.2 Å². The molecule has 6 rings (SSSR count). The summed E-state index contributed by atoms with van der Waals surface area (Å²) in [5, 5.41) is 14.1. The average Bonchev–Trinajstić information content (AvgIpc) is 3.63. The van der Waals surface area contributed by atoms with Crippen molar-refractivity contribution in [1.82, 2.24) is 30.1 Å². The molecule has 4 aromatic rings. The first kappa shape index (κ1) is 24.6. The van der Waals surface area contributed by atoms with Crippen LogP contribution in [0.25, 0.3) is 10.9 Å². The van der Waals surface area contributed by atoms with Crippen LogP contribution in [0.3, 0.4) is 0 Å². The van der Waals surface area contributed by atoms with Crippen molar-refractivity contribution in [2.75, 3.05) is 38.2 Å². The first-order valence-corrected chi connectivity index (χ1v) is 13.6. The molecule has 0 radical (unpaired) electrons. The molecule has 1 aliphatic carbocycles. The lowest BCUT2D eigenvalue weighted by molar-refractivity contribution is 0.196. The van der Waals surface area contributed by atoms with Gasteiger partial charge in [0.2, 0.25) is 0 Å². The largest absolute Gasteiger partial charge is 0.495 e. The number of ether oxygens (including phenoxy) is 1. The van der Waals surface area contributed by atoms with Gasteiger partial charge in [-0.1, -0.05) is 25.0 Å². The fourth-order valence-electron chi connectivity index (χ4n) is 6.10. The van der Waals surface area contributed by atoms with Gasteiger partial charge < -0.3 is 14.6 Å². The zero-order valence-electron chi connectivity index (χ0n) is 22.4. The number of pyridine rings is 1. The van der Waals surface area contributed by atoms with Crippen LogP contribution in [0.2, 0.25) is 0 Å². The fourth-order valence-corrected chi connectivity index (χ4v) is 6.10. The molecule has 2 aromatic heterocycles. The molecule has 0 spiro atoms. The van der Waals surface area contributed by atoms with Crippen molar-refractivity contribution < 1.29 is 4.74 Å². The Morgan fingerprint density at radius 2 is 1.74 bits per heavy atom. The monoisotopic (exact) mass is 513 g/mol. The number of para-hydroxylation sites is 2. The van der Waals surface area contributed by atoms with Crippen LogP contribution in [0.15, 0.2) is 47.3 Å². The summed E-state index contributed by atoms with van der Waals surface area (Å²) in [5.41, 5.74) is 4.93. The summed E-state index contributed by atoms with van der Waals surface area (Å²) >= 11 is 0. The molecule has 1 saturated carbocycles. The maximum absolute atomic E-state index is 13.6. The van der Waals surface area contributed by atoms with Gasteiger partial charge in [0.25, 0.3) is 5.56 Å². The number of rotatable bonds is 6. The molecule has 9 nitrogen and oxygen atoms in total. The first-order chi connectivity index (χ1) is 18.5. The number of hydrogen-bond acceptors (Lipinski definition) is 7. The van der Waals surface area contributed by atoms with Gasteiger partial charge in [-0.2, -0.15) is 0 Å². The normalized spacial score (nSPS) is 17.8. The van der Waals surface area contributed by atoms with E-state index in [0.717, 1.165) is 72.7 Å². The van der Waals surface area contributed by atoms with E-state index in [0.29, 0.717) is 5.56 Å². The second kappa shape index (κ2) is 10.2. The van der Waals surface area contributed by atoms with Gasteiger partial charge in [-0.3, -0.25) is 9.69 Å². The number of nitrogens with one attached hydrogen (secondary N) is 1. The number of tetrazole rings is 1. The minimum absolute atomic E-state index is 0.0844. The number of benzene rings is 2. The van der Waals surface area contributed by atoms with E-state index in [4.69, 9.17) is 4.74 Å². The minimum Gasteiger partial charge on any atom is -0.495 e. The number of fused-ring (bicyclic) bond motifs is 1. The van der Waals surface area contributed by atoms with Crippen LogP contribution in [0, 0.1) is 13.8 Å². The van der Waals surface area contributed by atoms with Crippen LogP contribution >= 0.6 is 0 Å². The molecule has 9 heteroatoms. The SMILES string of the molecule is COc1ccccc1N1CCN(C(c2cc3cc(C)c(C)cc3[nH]c2=O)c2nnnn2C2CCCC2)CC1. The van der Waals surface area contributed by atoms with Crippen LogP contribution < -0.4 is 15.2 Å². The standard InChI is InChI=1S/C29H35N7O2/c1-19-16-21-18-23(29(37)30-24(21)17-20(19)2)27(28-31-32-33-36(28)22-8-4-5-9-22)35-14-12-34(13-15-35)25-10-6-7-11-26(25)38-3/h6-7,10-11,16-18,22,27H,4-5,8-9,12-15H2,1-3H3,(H,30,37). The molecule has 2 aromatic carbocycles. The number of aryl methyl sites for hydroxylation is 2. The third-order valence-electron chi connectivity index (χ3n) is 8.32. The Bertz CT molecular complexity index is 1500. The van der Waals surface area contributed by atoms with E-state index in [-0.39, 0.29) is 17.6 Å². The number of anilines is 1. The quantitative estimate of drug-likeness (QED) is 0.414. The third kappa shape index (κ3) is 4.45. The fraction of sp³-hybridized carbons (Fsp3) is 0.448. The van der Waals surface area contributed by atoms with Gasteiger partial charge in [-0.15, -0.1) is 5.10 Å². The minimum atomic E-state index is -0.333. The zero-order chi connectivity index (χ0) is 26.2. The first-order valence-electron chi connectivity index (χ1n) is 13.6. The molecule has 0 amide bonds. The van der Waals surface area contributed by atoms with E-state index >= 15 is 0 Å². The molecule has 0 bridgehead atoms. The Kier molecular flexibility index (Phi) is 6.61. The number of aromatic nitrogens is 5. The van der Waals surface area contributed by atoms with Gasteiger partial charge in [-0.25, -0.2) is 4.68 Å². The molecule has 1 aliphatic heterocycles. The number of piperazine rings is 1. The molecule has 3 heterocycles. The lowest BCUT2D eigenvalue weighted by atomic mass is 10.00. The average molecular weight is 514 g/mol. The summed E-state index contributed by atoms with van der Waals surface area (Å²) in [4.78, 5) is 21.5. The van der Waals surface area contributed by atoms with Crippen molar-refractivity contribution in [1.29, 1.82) is 0 Å². The third-order valence-corrected chi connectivity index (χ3v) is 8.32. The van der Waals surface area contributed by atoms with E-state index < -0.39 is 0 Å². The van der Waals surface area contributed by atoms with Crippen LogP contribution in [-0.4, -0.2) is 63.4 Å². The number of methoxy groups -OCH3 is 1. The van der Waals surface area contributed by atoms with E-state index in [1.165, 1.54) is 18.4 Å². The van der Waals surface area contributed by atoms with Gasteiger partial charge in [0.1, 0.15) is 11.8 Å². The summed E-state index contributed by atoms with van der Waals surface area (Å²) in [6.45, 7) is 7.34. The zero-order valence-corrected chi connectivity index (χ0v) is 22.4. The predicted octanol–water partition coefficient (Wildman–Crippen LogP) is 4.17. The Morgan fingerprint density at radius 3 is 2.50 bits per heavy atom. The van der Waals surface area contributed by atoms with Crippen molar-refractivity contribution in [3.8, 4) is 5.75 Å². The lowest BCUT2D eigenvalue weighted by Gasteiger charge is -2.40. The van der Waals surface area contributed by atoms with Gasteiger partial charge in [0.15, 0.2) is 5.82 Å². The van der Waals surface area contributed by atoms with Crippen molar-refractivity contribution in [3.63, 3.8) is 0 Å². The highest BCUT2D eigenvalue weighted by Crippen LogP contribution is 2.35. The summed E-state index contributed by atoms with van der Waals surface area (Å²) in [5.74, 6) is 1.63. The van der Waals surface area contributed by atoms with Crippen molar-refractivity contribution in [3.05, 3.63) is 75.3 Å². The molecule has 1 atom stereocenters. The summed E-state index contributed by atoms with van der Waals surface area (Å²) in [7, 11) is 1.71. The van der Waals surface area contributed by atoms with Gasteiger partial charge >= 0.3 is 0 Å². The molecular formula is C29H35N7O2. The van der Waals surface area contributed by atoms with E-state index in [2.05, 4.69) is 62.4 Å². The highest BCUT2D eigenvalue weighted by molar-refractivity contribution is 5.81. The van der Waals surface area contributed by atoms with Gasteiger partial charge in [0, 0.05) is 37.3 Å². The predicted molar refractivity (Wildman–Crippen MR) is 148 cm³/mol. The number of hydrogen-bond donors (Lipinski definition) is 1. The van der Waals surface area contributed by atoms with Crippen LogP contribution in [0.1, 0.15) is 60.3 Å². The van der Waals surface area contributed by atoms with Gasteiger partial charge in [-0.05, 0) is 84.0 Å². The van der Waals surface area contributed by atoms with Crippen molar-refractivity contribution in [2.45, 2.75) is 51.6 Å². The van der Waals surface area contributed by atoms with Crippen molar-refractivity contribution in [2.24, 2.45) is 0 Å². The van der Waals surface area contributed by atoms with Crippen molar-refractivity contribution >= 4 is 16.6 Å². The van der Waals surface area contributed by atoms with Gasteiger partial charge in [0.05, 0.1) is 18.8 Å². The van der Waals surface area contributed by atoms with Crippen LogP contribution in [0.4, 0.5) is 5.69 Å².